The van der Waals surface area contributed by atoms with E-state index in [0.29, 0.717) is 18.9 Å². The average molecular weight is 419 g/mol. The van der Waals surface area contributed by atoms with E-state index in [1.807, 2.05) is 29.9 Å². The number of pyridine rings is 1. The fourth-order valence-electron chi connectivity index (χ4n) is 3.75. The van der Waals surface area contributed by atoms with Crippen molar-refractivity contribution in [2.45, 2.75) is 25.8 Å². The summed E-state index contributed by atoms with van der Waals surface area (Å²) in [5.74, 6) is -0.131. The second-order valence-corrected chi connectivity index (χ2v) is 8.47. The third kappa shape index (κ3) is 3.74. The SMILES string of the molecule is Cc1csc2c(Cc3ccc(-n4cccn4)cc3)cc(C(=O)N[C@H]3CCOC3)nc12. The molecule has 30 heavy (non-hydrogen) atoms. The Kier molecular flexibility index (Phi) is 5.06. The summed E-state index contributed by atoms with van der Waals surface area (Å²) < 4.78 is 8.35. The quantitative estimate of drug-likeness (QED) is 0.534. The van der Waals surface area contributed by atoms with Crippen LogP contribution in [0.5, 0.6) is 0 Å². The van der Waals surface area contributed by atoms with Crippen LogP contribution in [0.15, 0.2) is 54.2 Å². The highest BCUT2D eigenvalue weighted by Crippen LogP contribution is 2.30. The molecule has 0 radical (unpaired) electrons. The van der Waals surface area contributed by atoms with Gasteiger partial charge in [0.1, 0.15) is 5.69 Å². The van der Waals surface area contributed by atoms with Crippen LogP contribution in [-0.2, 0) is 11.2 Å². The van der Waals surface area contributed by atoms with Crippen molar-refractivity contribution < 1.29 is 9.53 Å². The Hall–Kier alpha value is -3.03. The van der Waals surface area contributed by atoms with Gasteiger partial charge in [0, 0.05) is 19.0 Å². The molecule has 1 aliphatic rings. The molecule has 0 saturated carbocycles. The maximum Gasteiger partial charge on any atom is 0.270 e. The summed E-state index contributed by atoms with van der Waals surface area (Å²) in [6, 6.07) is 12.3. The lowest BCUT2D eigenvalue weighted by atomic mass is 10.0. The molecule has 0 unspecified atom stereocenters. The Balaban J connectivity index is 1.44. The Bertz CT molecular complexity index is 1180. The maximum atomic E-state index is 12.8. The number of fused-ring (bicyclic) bond motifs is 1. The zero-order chi connectivity index (χ0) is 20.5. The molecule has 3 aromatic heterocycles. The first-order valence-corrected chi connectivity index (χ1v) is 10.9. The molecule has 5 rings (SSSR count). The molecule has 4 aromatic rings. The van der Waals surface area contributed by atoms with Gasteiger partial charge in [-0.05, 0) is 66.1 Å². The van der Waals surface area contributed by atoms with Crippen molar-refractivity contribution in [3.8, 4) is 5.69 Å². The molecule has 1 atom stereocenters. The summed E-state index contributed by atoms with van der Waals surface area (Å²) >= 11 is 1.69. The van der Waals surface area contributed by atoms with Crippen molar-refractivity contribution in [1.82, 2.24) is 20.1 Å². The highest BCUT2D eigenvalue weighted by molar-refractivity contribution is 7.17. The van der Waals surface area contributed by atoms with Crippen LogP contribution in [0, 0.1) is 6.92 Å². The first kappa shape index (κ1) is 19.0. The summed E-state index contributed by atoms with van der Waals surface area (Å²) in [5.41, 5.74) is 5.81. The number of aromatic nitrogens is 3. The minimum Gasteiger partial charge on any atom is -0.379 e. The first-order valence-electron chi connectivity index (χ1n) is 10.0. The van der Waals surface area contributed by atoms with Gasteiger partial charge in [0.2, 0.25) is 0 Å². The summed E-state index contributed by atoms with van der Waals surface area (Å²) in [4.78, 5) is 17.5. The van der Waals surface area contributed by atoms with Gasteiger partial charge in [0.15, 0.2) is 0 Å². The lowest BCUT2D eigenvalue weighted by molar-refractivity contribution is 0.0925. The highest BCUT2D eigenvalue weighted by atomic mass is 32.1. The van der Waals surface area contributed by atoms with Crippen molar-refractivity contribution in [3.05, 3.63) is 76.6 Å². The van der Waals surface area contributed by atoms with E-state index in [2.05, 4.69) is 45.0 Å². The van der Waals surface area contributed by atoms with Gasteiger partial charge >= 0.3 is 0 Å². The molecule has 4 heterocycles. The fourth-order valence-corrected chi connectivity index (χ4v) is 4.76. The number of carbonyl (C=O) groups excluding carboxylic acids is 1. The topological polar surface area (TPSA) is 69.0 Å². The van der Waals surface area contributed by atoms with E-state index < -0.39 is 0 Å². The number of carbonyl (C=O) groups is 1. The van der Waals surface area contributed by atoms with E-state index in [-0.39, 0.29) is 11.9 Å². The highest BCUT2D eigenvalue weighted by Gasteiger charge is 2.21. The number of aryl methyl sites for hydroxylation is 1. The van der Waals surface area contributed by atoms with Crippen molar-refractivity contribution in [2.24, 2.45) is 0 Å². The third-order valence-corrected chi connectivity index (χ3v) is 6.54. The Morgan fingerprint density at radius 1 is 1.33 bits per heavy atom. The molecular formula is C23H22N4O2S. The number of ether oxygens (including phenoxy) is 1. The second-order valence-electron chi connectivity index (χ2n) is 7.59. The van der Waals surface area contributed by atoms with E-state index in [9.17, 15) is 4.79 Å². The van der Waals surface area contributed by atoms with Crippen LogP contribution in [-0.4, -0.2) is 39.9 Å². The number of amides is 1. The third-order valence-electron chi connectivity index (χ3n) is 5.37. The van der Waals surface area contributed by atoms with Gasteiger partial charge in [-0.15, -0.1) is 11.3 Å². The molecule has 1 aliphatic heterocycles. The number of hydrogen-bond acceptors (Lipinski definition) is 5. The van der Waals surface area contributed by atoms with Crippen LogP contribution < -0.4 is 5.32 Å². The van der Waals surface area contributed by atoms with Crippen LogP contribution in [0.25, 0.3) is 15.9 Å². The van der Waals surface area contributed by atoms with Gasteiger partial charge < -0.3 is 10.1 Å². The van der Waals surface area contributed by atoms with Gasteiger partial charge in [0.05, 0.1) is 28.6 Å². The van der Waals surface area contributed by atoms with Crippen LogP contribution in [0.2, 0.25) is 0 Å². The molecule has 152 valence electrons. The number of nitrogens with one attached hydrogen (secondary N) is 1. The predicted octanol–water partition coefficient (Wildman–Crippen LogP) is 3.90. The molecule has 1 aromatic carbocycles. The van der Waals surface area contributed by atoms with Crippen LogP contribution in [0.3, 0.4) is 0 Å². The minimum atomic E-state index is -0.131. The van der Waals surface area contributed by atoms with Crippen molar-refractivity contribution in [2.75, 3.05) is 13.2 Å². The molecule has 0 bridgehead atoms. The number of thiophene rings is 1. The van der Waals surface area contributed by atoms with E-state index in [1.54, 1.807) is 17.5 Å². The monoisotopic (exact) mass is 418 g/mol. The summed E-state index contributed by atoms with van der Waals surface area (Å²) in [6.07, 6.45) is 5.28. The Morgan fingerprint density at radius 2 is 2.20 bits per heavy atom. The predicted molar refractivity (Wildman–Crippen MR) is 117 cm³/mol. The number of rotatable bonds is 5. The van der Waals surface area contributed by atoms with Crippen LogP contribution in [0.4, 0.5) is 0 Å². The summed E-state index contributed by atoms with van der Waals surface area (Å²) in [6.45, 7) is 3.31. The molecule has 1 amide bonds. The van der Waals surface area contributed by atoms with Crippen molar-refractivity contribution >= 4 is 27.5 Å². The Morgan fingerprint density at radius 3 is 2.93 bits per heavy atom. The molecule has 0 spiro atoms. The number of benzene rings is 1. The standard InChI is InChI=1S/C23H22N4O2S/c1-15-14-30-22-17(11-16-3-5-19(6-4-16)27-9-2-8-24-27)12-20(26-21(15)22)23(28)25-18-7-10-29-13-18/h2-6,8-9,12,14,18H,7,10-11,13H2,1H3,(H,25,28)/t18-/m0/s1. The van der Waals surface area contributed by atoms with Gasteiger partial charge in [-0.2, -0.15) is 5.10 Å². The van der Waals surface area contributed by atoms with E-state index in [4.69, 9.17) is 4.74 Å². The second kappa shape index (κ2) is 8.01. The van der Waals surface area contributed by atoms with Gasteiger partial charge in [-0.1, -0.05) is 12.1 Å². The molecule has 1 saturated heterocycles. The van der Waals surface area contributed by atoms with Crippen molar-refractivity contribution in [1.29, 1.82) is 0 Å². The fraction of sp³-hybridized carbons (Fsp3) is 0.261. The van der Waals surface area contributed by atoms with E-state index in [1.165, 1.54) is 5.56 Å². The van der Waals surface area contributed by atoms with Crippen LogP contribution >= 0.6 is 11.3 Å². The zero-order valence-corrected chi connectivity index (χ0v) is 17.5. The molecule has 1 fully saturated rings. The normalized spacial score (nSPS) is 16.2. The Labute approximate surface area is 178 Å². The average Bonchev–Trinajstić information content (AvgIpc) is 3.52. The lowest BCUT2D eigenvalue weighted by Crippen LogP contribution is -2.35. The zero-order valence-electron chi connectivity index (χ0n) is 16.7. The van der Waals surface area contributed by atoms with Crippen LogP contribution in [0.1, 0.15) is 33.6 Å². The summed E-state index contributed by atoms with van der Waals surface area (Å²) in [7, 11) is 0. The minimum absolute atomic E-state index is 0.0665. The first-order chi connectivity index (χ1) is 14.7. The van der Waals surface area contributed by atoms with Gasteiger partial charge in [-0.3, -0.25) is 4.79 Å². The van der Waals surface area contributed by atoms with Gasteiger partial charge in [0.25, 0.3) is 5.91 Å². The van der Waals surface area contributed by atoms with Gasteiger partial charge in [-0.25, -0.2) is 9.67 Å². The largest absolute Gasteiger partial charge is 0.379 e. The van der Waals surface area contributed by atoms with E-state index >= 15 is 0 Å². The smallest absolute Gasteiger partial charge is 0.270 e. The van der Waals surface area contributed by atoms with E-state index in [0.717, 1.165) is 39.9 Å². The molecular weight excluding hydrogens is 396 g/mol. The van der Waals surface area contributed by atoms with Crippen molar-refractivity contribution in [3.63, 3.8) is 0 Å². The maximum absolute atomic E-state index is 12.8. The molecule has 6 nitrogen and oxygen atoms in total. The molecule has 0 aliphatic carbocycles. The number of hydrogen-bond donors (Lipinski definition) is 1. The lowest BCUT2D eigenvalue weighted by Gasteiger charge is -2.12. The molecule has 1 N–H and O–H groups in total. The molecule has 7 heteroatoms. The summed E-state index contributed by atoms with van der Waals surface area (Å²) in [5, 5.41) is 9.43. The number of nitrogens with zero attached hydrogens (tertiary/aromatic N) is 3.